The number of hydrogen-bond donors (Lipinski definition) is 1. The van der Waals surface area contributed by atoms with E-state index in [1.54, 1.807) is 12.1 Å². The normalized spacial score (nSPS) is 11.3. The van der Waals surface area contributed by atoms with Crippen molar-refractivity contribution >= 4 is 45.8 Å². The Morgan fingerprint density at radius 2 is 1.72 bits per heavy atom. The van der Waals surface area contributed by atoms with Gasteiger partial charge in [0.05, 0.1) is 15.7 Å². The lowest BCUT2D eigenvalue weighted by Gasteiger charge is -2.09. The summed E-state index contributed by atoms with van der Waals surface area (Å²) in [6.07, 6.45) is 1.91. The van der Waals surface area contributed by atoms with Crippen LogP contribution in [0.15, 0.2) is 47.3 Å². The molecule has 0 amide bonds. The predicted octanol–water partition coefficient (Wildman–Crippen LogP) is 5.42. The van der Waals surface area contributed by atoms with Crippen molar-refractivity contribution in [2.45, 2.75) is 26.2 Å². The third kappa shape index (κ3) is 3.90. The first-order valence-corrected chi connectivity index (χ1v) is 10.3. The highest BCUT2D eigenvalue weighted by atomic mass is 35.5. The maximum Gasteiger partial charge on any atom is 0.262 e. The Morgan fingerprint density at radius 1 is 1.03 bits per heavy atom. The summed E-state index contributed by atoms with van der Waals surface area (Å²) in [6.45, 7) is 1.93. The third-order valence-electron chi connectivity index (χ3n) is 4.68. The van der Waals surface area contributed by atoms with Crippen LogP contribution < -0.4 is 5.56 Å². The van der Waals surface area contributed by atoms with Crippen molar-refractivity contribution in [1.29, 1.82) is 0 Å². The first kappa shape index (κ1) is 20.0. The van der Waals surface area contributed by atoms with Crippen LogP contribution in [0.4, 0.5) is 0 Å². The van der Waals surface area contributed by atoms with E-state index in [9.17, 15) is 4.79 Å². The number of H-pyrrole nitrogens is 1. The van der Waals surface area contributed by atoms with Gasteiger partial charge in [0.2, 0.25) is 0 Å². The monoisotopic (exact) mass is 446 g/mol. The molecule has 0 radical (unpaired) electrons. The number of hydrogen-bond acceptors (Lipinski definition) is 3. The van der Waals surface area contributed by atoms with Crippen LogP contribution in [0.2, 0.25) is 15.1 Å². The molecule has 148 valence electrons. The highest BCUT2D eigenvalue weighted by Gasteiger charge is 2.20. The molecule has 4 aromatic rings. The molecule has 0 spiro atoms. The zero-order valence-electron chi connectivity index (χ0n) is 15.5. The number of nitrogens with one attached hydrogen (secondary N) is 1. The minimum absolute atomic E-state index is 0.220. The first-order chi connectivity index (χ1) is 14.0. The molecule has 8 heteroatoms. The van der Waals surface area contributed by atoms with Gasteiger partial charge in [0.15, 0.2) is 5.65 Å². The number of nitrogens with zero attached hydrogens (tertiary/aromatic N) is 3. The summed E-state index contributed by atoms with van der Waals surface area (Å²) in [7, 11) is 0. The Bertz CT molecular complexity index is 1230. The van der Waals surface area contributed by atoms with Crippen LogP contribution in [0.5, 0.6) is 0 Å². The van der Waals surface area contributed by atoms with Gasteiger partial charge in [-0.2, -0.15) is 5.10 Å². The topological polar surface area (TPSA) is 63.6 Å². The molecule has 0 aliphatic heterocycles. The standard InChI is InChI=1S/C21H17Cl3N4O/c1-2-16-18-20(28(27-16)19-14(23)10-13(22)11-15(19)24)25-17(26-21(18)29)9-8-12-6-4-3-5-7-12/h3-7,10-11H,2,8-9H2,1H3,(H,25,26,29). The predicted molar refractivity (Wildman–Crippen MR) is 118 cm³/mol. The number of aromatic nitrogens is 4. The Hall–Kier alpha value is -2.34. The lowest BCUT2D eigenvalue weighted by Crippen LogP contribution is -2.14. The second-order valence-electron chi connectivity index (χ2n) is 6.63. The molecule has 2 aromatic carbocycles. The molecule has 0 atom stereocenters. The fourth-order valence-corrected chi connectivity index (χ4v) is 4.28. The summed E-state index contributed by atoms with van der Waals surface area (Å²) in [5.74, 6) is 0.580. The van der Waals surface area contributed by atoms with Crippen LogP contribution in [-0.4, -0.2) is 19.7 Å². The van der Waals surface area contributed by atoms with Crippen molar-refractivity contribution in [2.24, 2.45) is 0 Å². The highest BCUT2D eigenvalue weighted by Crippen LogP contribution is 2.33. The van der Waals surface area contributed by atoms with E-state index in [0.717, 1.165) is 6.42 Å². The van der Waals surface area contributed by atoms with Crippen LogP contribution in [0, 0.1) is 0 Å². The van der Waals surface area contributed by atoms with Crippen molar-refractivity contribution in [2.75, 3.05) is 0 Å². The van der Waals surface area contributed by atoms with Crippen molar-refractivity contribution in [3.05, 3.63) is 85.0 Å². The molecule has 2 aromatic heterocycles. The van der Waals surface area contributed by atoms with Crippen LogP contribution in [0.1, 0.15) is 24.0 Å². The maximum absolute atomic E-state index is 12.8. The first-order valence-electron chi connectivity index (χ1n) is 9.17. The molecule has 2 heterocycles. The second kappa shape index (κ2) is 8.19. The van der Waals surface area contributed by atoms with Gasteiger partial charge in [-0.05, 0) is 30.5 Å². The Labute approximate surface area is 182 Å². The zero-order chi connectivity index (χ0) is 20.5. The van der Waals surface area contributed by atoms with E-state index in [-0.39, 0.29) is 5.56 Å². The Balaban J connectivity index is 1.85. The molecular weight excluding hydrogens is 431 g/mol. The van der Waals surface area contributed by atoms with Crippen LogP contribution >= 0.6 is 34.8 Å². The summed E-state index contributed by atoms with van der Waals surface area (Å²) < 4.78 is 1.54. The van der Waals surface area contributed by atoms with E-state index >= 15 is 0 Å². The lowest BCUT2D eigenvalue weighted by atomic mass is 10.1. The molecule has 0 saturated carbocycles. The Morgan fingerprint density at radius 3 is 2.38 bits per heavy atom. The summed E-state index contributed by atoms with van der Waals surface area (Å²) in [5, 5.41) is 6.11. The van der Waals surface area contributed by atoms with Gasteiger partial charge in [-0.3, -0.25) is 4.79 Å². The molecule has 0 bridgehead atoms. The Kier molecular flexibility index (Phi) is 5.63. The smallest absolute Gasteiger partial charge is 0.262 e. The third-order valence-corrected chi connectivity index (χ3v) is 5.48. The number of aromatic amines is 1. The minimum atomic E-state index is -0.220. The fraction of sp³-hybridized carbons (Fsp3) is 0.190. The van der Waals surface area contributed by atoms with E-state index < -0.39 is 0 Å². The van der Waals surface area contributed by atoms with Gasteiger partial charge >= 0.3 is 0 Å². The van der Waals surface area contributed by atoms with Gasteiger partial charge in [-0.25, -0.2) is 9.67 Å². The minimum Gasteiger partial charge on any atom is -0.310 e. The van der Waals surface area contributed by atoms with Gasteiger partial charge in [-0.1, -0.05) is 72.1 Å². The maximum atomic E-state index is 12.8. The van der Waals surface area contributed by atoms with Gasteiger partial charge < -0.3 is 4.98 Å². The van der Waals surface area contributed by atoms with Gasteiger partial charge in [0.1, 0.15) is 16.9 Å². The van der Waals surface area contributed by atoms with E-state index in [1.165, 1.54) is 10.2 Å². The average Bonchev–Trinajstić information content (AvgIpc) is 3.05. The van der Waals surface area contributed by atoms with Crippen molar-refractivity contribution in [3.8, 4) is 5.69 Å². The summed E-state index contributed by atoms with van der Waals surface area (Å²) in [4.78, 5) is 20.4. The molecule has 29 heavy (non-hydrogen) atoms. The summed E-state index contributed by atoms with van der Waals surface area (Å²) >= 11 is 18.8. The number of aryl methyl sites for hydroxylation is 3. The molecular formula is C21H17Cl3N4O. The molecule has 0 fully saturated rings. The van der Waals surface area contributed by atoms with E-state index in [0.29, 0.717) is 56.1 Å². The van der Waals surface area contributed by atoms with E-state index in [4.69, 9.17) is 39.8 Å². The number of benzene rings is 2. The summed E-state index contributed by atoms with van der Waals surface area (Å²) in [5.41, 5.74) is 2.46. The molecule has 4 rings (SSSR count). The quantitative estimate of drug-likeness (QED) is 0.444. The van der Waals surface area contributed by atoms with Crippen molar-refractivity contribution in [1.82, 2.24) is 19.7 Å². The molecule has 1 N–H and O–H groups in total. The molecule has 0 aliphatic carbocycles. The van der Waals surface area contributed by atoms with Crippen molar-refractivity contribution < 1.29 is 0 Å². The second-order valence-corrected chi connectivity index (χ2v) is 7.88. The molecule has 0 aliphatic rings. The fourth-order valence-electron chi connectivity index (χ4n) is 3.30. The molecule has 5 nitrogen and oxygen atoms in total. The number of halogens is 3. The highest BCUT2D eigenvalue weighted by molar-refractivity contribution is 6.40. The van der Waals surface area contributed by atoms with Crippen LogP contribution in [-0.2, 0) is 19.3 Å². The molecule has 0 saturated heterocycles. The summed E-state index contributed by atoms with van der Waals surface area (Å²) in [6, 6.07) is 13.2. The lowest BCUT2D eigenvalue weighted by molar-refractivity contribution is 0.830. The SMILES string of the molecule is CCc1nn(-c2c(Cl)cc(Cl)cc2Cl)c2nc(CCc3ccccc3)[nH]c(=O)c12. The van der Waals surface area contributed by atoms with Crippen LogP contribution in [0.25, 0.3) is 16.7 Å². The average molecular weight is 448 g/mol. The van der Waals surface area contributed by atoms with E-state index in [1.807, 2.05) is 37.3 Å². The van der Waals surface area contributed by atoms with Gasteiger partial charge in [0, 0.05) is 11.4 Å². The largest absolute Gasteiger partial charge is 0.310 e. The number of rotatable bonds is 5. The molecule has 0 unspecified atom stereocenters. The van der Waals surface area contributed by atoms with Crippen LogP contribution in [0.3, 0.4) is 0 Å². The number of fused-ring (bicyclic) bond motifs is 1. The van der Waals surface area contributed by atoms with Gasteiger partial charge in [0.25, 0.3) is 5.56 Å². The zero-order valence-corrected chi connectivity index (χ0v) is 17.8. The van der Waals surface area contributed by atoms with Gasteiger partial charge in [-0.15, -0.1) is 0 Å². The van der Waals surface area contributed by atoms with E-state index in [2.05, 4.69) is 10.1 Å². The van der Waals surface area contributed by atoms with Crippen molar-refractivity contribution in [3.63, 3.8) is 0 Å².